The summed E-state index contributed by atoms with van der Waals surface area (Å²) in [5.74, 6) is 0.171. The number of hydrogen-bond donors (Lipinski definition) is 3. The van der Waals surface area contributed by atoms with Crippen LogP contribution in [0.25, 0.3) is 22.4 Å². The highest BCUT2D eigenvalue weighted by Crippen LogP contribution is 2.25. The minimum Gasteiger partial charge on any atom is -0.466 e. The average molecular weight is 498 g/mol. The topological polar surface area (TPSA) is 123 Å². The minimum atomic E-state index is -0.319. The summed E-state index contributed by atoms with van der Waals surface area (Å²) in [7, 11) is 1.91. The number of ether oxygens (including phenoxy) is 1. The van der Waals surface area contributed by atoms with Gasteiger partial charge < -0.3 is 20.4 Å². The number of aryl methyl sites for hydroxylation is 2. The SMILES string of the molecule is Cn1c(-c2ccc(C(=N)N)cc2)nc2cc(C(=O)NCCC(=O)OCCCCc3ccccc3)ccc21. The molecule has 1 heterocycles. The molecule has 190 valence electrons. The van der Waals surface area contributed by atoms with Gasteiger partial charge in [0, 0.05) is 30.3 Å². The van der Waals surface area contributed by atoms with Crippen molar-refractivity contribution < 1.29 is 14.3 Å². The fourth-order valence-corrected chi connectivity index (χ4v) is 4.11. The number of rotatable bonds is 11. The van der Waals surface area contributed by atoms with Crippen LogP contribution in [0.5, 0.6) is 0 Å². The molecule has 0 radical (unpaired) electrons. The third-order valence-electron chi connectivity index (χ3n) is 6.18. The van der Waals surface area contributed by atoms with Gasteiger partial charge in [-0.05, 0) is 43.0 Å². The van der Waals surface area contributed by atoms with Crippen LogP contribution in [0.4, 0.5) is 0 Å². The normalized spacial score (nSPS) is 10.8. The molecule has 4 aromatic rings. The summed E-state index contributed by atoms with van der Waals surface area (Å²) in [5, 5.41) is 10.3. The molecule has 0 bridgehead atoms. The number of fused-ring (bicyclic) bond motifs is 1. The number of carbonyl (C=O) groups excluding carboxylic acids is 2. The molecule has 0 aliphatic rings. The number of amidine groups is 1. The van der Waals surface area contributed by atoms with E-state index in [4.69, 9.17) is 20.9 Å². The van der Waals surface area contributed by atoms with Gasteiger partial charge in [0.05, 0.1) is 24.1 Å². The minimum absolute atomic E-state index is 0.0132. The first-order chi connectivity index (χ1) is 17.9. The second-order valence-electron chi connectivity index (χ2n) is 8.86. The Balaban J connectivity index is 1.25. The smallest absolute Gasteiger partial charge is 0.307 e. The zero-order valence-corrected chi connectivity index (χ0v) is 20.9. The molecule has 8 nitrogen and oxygen atoms in total. The van der Waals surface area contributed by atoms with E-state index in [1.807, 2.05) is 48.0 Å². The van der Waals surface area contributed by atoms with Crippen LogP contribution >= 0.6 is 0 Å². The first kappa shape index (κ1) is 25.6. The monoisotopic (exact) mass is 497 g/mol. The second kappa shape index (κ2) is 12.0. The molecule has 0 saturated heterocycles. The van der Waals surface area contributed by atoms with Crippen LogP contribution < -0.4 is 11.1 Å². The van der Waals surface area contributed by atoms with Crippen molar-refractivity contribution in [1.82, 2.24) is 14.9 Å². The number of unbranched alkanes of at least 4 members (excludes halogenated alkanes) is 1. The highest BCUT2D eigenvalue weighted by molar-refractivity contribution is 5.98. The van der Waals surface area contributed by atoms with Crippen molar-refractivity contribution >= 4 is 28.7 Å². The molecule has 0 aliphatic carbocycles. The highest BCUT2D eigenvalue weighted by atomic mass is 16.5. The molecule has 3 aromatic carbocycles. The van der Waals surface area contributed by atoms with Gasteiger partial charge in [-0.3, -0.25) is 15.0 Å². The summed E-state index contributed by atoms with van der Waals surface area (Å²) >= 11 is 0. The molecular weight excluding hydrogens is 466 g/mol. The van der Waals surface area contributed by atoms with Gasteiger partial charge >= 0.3 is 5.97 Å². The molecular formula is C29H31N5O3. The number of benzene rings is 3. The molecule has 0 atom stereocenters. The molecule has 0 saturated carbocycles. The van der Waals surface area contributed by atoms with Gasteiger partial charge in [0.15, 0.2) is 0 Å². The van der Waals surface area contributed by atoms with Crippen LogP contribution in [0.3, 0.4) is 0 Å². The summed E-state index contributed by atoms with van der Waals surface area (Å²) in [6, 6.07) is 22.9. The first-order valence-corrected chi connectivity index (χ1v) is 12.3. The number of carbonyl (C=O) groups is 2. The van der Waals surface area contributed by atoms with E-state index in [-0.39, 0.29) is 30.7 Å². The lowest BCUT2D eigenvalue weighted by Gasteiger charge is -2.07. The molecule has 0 aliphatic heterocycles. The van der Waals surface area contributed by atoms with Gasteiger partial charge in [0.2, 0.25) is 0 Å². The van der Waals surface area contributed by atoms with Crippen molar-refractivity contribution in [3.63, 3.8) is 0 Å². The number of nitrogens with one attached hydrogen (secondary N) is 2. The van der Waals surface area contributed by atoms with Crippen molar-refractivity contribution in [3.05, 3.63) is 89.5 Å². The van der Waals surface area contributed by atoms with Crippen molar-refractivity contribution in [1.29, 1.82) is 5.41 Å². The van der Waals surface area contributed by atoms with Crippen LogP contribution in [0, 0.1) is 5.41 Å². The number of hydrogen-bond acceptors (Lipinski definition) is 5. The van der Waals surface area contributed by atoms with E-state index in [1.54, 1.807) is 24.3 Å². The summed E-state index contributed by atoms with van der Waals surface area (Å²) in [6.07, 6.45) is 2.84. The van der Waals surface area contributed by atoms with Gasteiger partial charge in [-0.2, -0.15) is 0 Å². The molecule has 1 aromatic heterocycles. The maximum absolute atomic E-state index is 12.6. The van der Waals surface area contributed by atoms with E-state index in [0.717, 1.165) is 36.2 Å². The molecule has 0 fully saturated rings. The second-order valence-corrected chi connectivity index (χ2v) is 8.86. The largest absolute Gasteiger partial charge is 0.466 e. The van der Waals surface area contributed by atoms with E-state index in [0.29, 0.717) is 23.3 Å². The van der Waals surface area contributed by atoms with Crippen molar-refractivity contribution in [2.45, 2.75) is 25.7 Å². The third kappa shape index (κ3) is 6.61. The first-order valence-electron chi connectivity index (χ1n) is 12.3. The maximum Gasteiger partial charge on any atom is 0.307 e. The molecule has 4 rings (SSSR count). The summed E-state index contributed by atoms with van der Waals surface area (Å²) < 4.78 is 7.24. The van der Waals surface area contributed by atoms with E-state index in [9.17, 15) is 9.59 Å². The van der Waals surface area contributed by atoms with Gasteiger partial charge in [-0.25, -0.2) is 4.98 Å². The Morgan fingerprint density at radius 1 is 1.00 bits per heavy atom. The Bertz CT molecular complexity index is 1390. The van der Waals surface area contributed by atoms with E-state index >= 15 is 0 Å². The van der Waals surface area contributed by atoms with Crippen molar-refractivity contribution in [2.75, 3.05) is 13.2 Å². The Kier molecular flexibility index (Phi) is 8.30. The summed E-state index contributed by atoms with van der Waals surface area (Å²) in [5.41, 5.74) is 10.4. The predicted octanol–water partition coefficient (Wildman–Crippen LogP) is 4.21. The zero-order valence-electron chi connectivity index (χ0n) is 20.9. The number of nitrogens with zero attached hydrogens (tertiary/aromatic N) is 2. The van der Waals surface area contributed by atoms with Crippen LogP contribution in [-0.4, -0.2) is 40.4 Å². The number of imidazole rings is 1. The highest BCUT2D eigenvalue weighted by Gasteiger charge is 2.14. The lowest BCUT2D eigenvalue weighted by atomic mass is 10.1. The van der Waals surface area contributed by atoms with E-state index in [2.05, 4.69) is 17.4 Å². The molecule has 8 heteroatoms. The van der Waals surface area contributed by atoms with Crippen LogP contribution in [0.2, 0.25) is 0 Å². The van der Waals surface area contributed by atoms with Crippen LogP contribution in [0.15, 0.2) is 72.8 Å². The standard InChI is InChI=1S/C29H31N5O3/c1-34-25-15-14-23(19-24(25)33-28(34)22-12-10-21(11-13-22)27(30)31)29(36)32-17-16-26(35)37-18-6-5-9-20-7-3-2-4-8-20/h2-4,7-8,10-15,19H,5-6,9,16-18H2,1H3,(H3,30,31)(H,32,36). The van der Waals surface area contributed by atoms with Crippen LogP contribution in [0.1, 0.15) is 40.7 Å². The van der Waals surface area contributed by atoms with Gasteiger partial charge in [0.1, 0.15) is 11.7 Å². The fraction of sp³-hybridized carbons (Fsp3) is 0.241. The third-order valence-corrected chi connectivity index (χ3v) is 6.18. The number of aromatic nitrogens is 2. The summed E-state index contributed by atoms with van der Waals surface area (Å²) in [6.45, 7) is 0.589. The lowest BCUT2D eigenvalue weighted by Crippen LogP contribution is -2.26. The number of nitrogens with two attached hydrogens (primary N) is 1. The van der Waals surface area contributed by atoms with Gasteiger partial charge in [-0.1, -0.05) is 54.6 Å². The zero-order chi connectivity index (χ0) is 26.2. The van der Waals surface area contributed by atoms with Gasteiger partial charge in [0.25, 0.3) is 5.91 Å². The lowest BCUT2D eigenvalue weighted by molar-refractivity contribution is -0.143. The quantitative estimate of drug-likeness (QED) is 0.124. The molecule has 1 amide bonds. The van der Waals surface area contributed by atoms with E-state index < -0.39 is 0 Å². The molecule has 0 unspecified atom stereocenters. The molecule has 4 N–H and O–H groups in total. The molecule has 37 heavy (non-hydrogen) atoms. The van der Waals surface area contributed by atoms with Crippen molar-refractivity contribution in [3.8, 4) is 11.4 Å². The van der Waals surface area contributed by atoms with Crippen LogP contribution in [-0.2, 0) is 23.0 Å². The predicted molar refractivity (Wildman–Crippen MR) is 144 cm³/mol. The number of amides is 1. The maximum atomic E-state index is 12.6. The van der Waals surface area contributed by atoms with Crippen molar-refractivity contribution in [2.24, 2.45) is 12.8 Å². The van der Waals surface area contributed by atoms with Gasteiger partial charge in [-0.15, -0.1) is 0 Å². The fourth-order valence-electron chi connectivity index (χ4n) is 4.11. The summed E-state index contributed by atoms with van der Waals surface area (Å²) in [4.78, 5) is 29.3. The number of esters is 1. The number of nitrogen functional groups attached to an aromatic ring is 1. The van der Waals surface area contributed by atoms with E-state index in [1.165, 1.54) is 5.56 Å². The Morgan fingerprint density at radius 2 is 1.73 bits per heavy atom. The average Bonchev–Trinajstić information content (AvgIpc) is 3.24. The Morgan fingerprint density at radius 3 is 2.46 bits per heavy atom. The Labute approximate surface area is 216 Å². The molecule has 0 spiro atoms. The Hall–Kier alpha value is -4.46.